The first-order valence-electron chi connectivity index (χ1n) is 10.1. The molecule has 0 aliphatic heterocycles. The van der Waals surface area contributed by atoms with Crippen molar-refractivity contribution in [2.24, 2.45) is 5.92 Å². The van der Waals surface area contributed by atoms with Crippen molar-refractivity contribution < 1.29 is 23.1 Å². The van der Waals surface area contributed by atoms with Crippen LogP contribution in [-0.4, -0.2) is 32.3 Å². The second-order valence-corrected chi connectivity index (χ2v) is 8.59. The highest BCUT2D eigenvalue weighted by molar-refractivity contribution is 7.98. The third-order valence-electron chi connectivity index (χ3n) is 4.46. The first kappa shape index (κ1) is 24.4. The number of nitrogens with zero attached hydrogens (tertiary/aromatic N) is 3. The number of carbonyl (C=O) groups is 1. The molecular weight excluding hydrogens is 453 g/mol. The zero-order chi connectivity index (χ0) is 24.0. The molecule has 1 heterocycles. The molecule has 0 saturated carbocycles. The van der Waals surface area contributed by atoms with Gasteiger partial charge in [0.2, 0.25) is 5.91 Å². The van der Waals surface area contributed by atoms with E-state index < -0.39 is 11.7 Å². The topological polar surface area (TPSA) is 80.0 Å². The van der Waals surface area contributed by atoms with Crippen LogP contribution in [0, 0.1) is 5.92 Å². The van der Waals surface area contributed by atoms with Gasteiger partial charge in [-0.2, -0.15) is 13.2 Å². The standard InChI is InChI=1S/C23H23F3N4O2S/c1-15(2)13-27-21(32)11-10-20-28-29-22(30(20)18-4-3-5-19(31)12-18)33-14-16-6-8-17(9-7-16)23(24,25)26/h3-12,15,31H,13-14H2,1-2H3,(H,27,32)/b11-10+. The molecule has 0 spiro atoms. The number of benzene rings is 2. The Morgan fingerprint density at radius 1 is 1.18 bits per heavy atom. The number of phenols is 1. The van der Waals surface area contributed by atoms with Crippen LogP contribution in [0.4, 0.5) is 13.2 Å². The highest BCUT2D eigenvalue weighted by Gasteiger charge is 2.29. The maximum atomic E-state index is 12.8. The highest BCUT2D eigenvalue weighted by atomic mass is 32.2. The average Bonchev–Trinajstić information content (AvgIpc) is 3.17. The summed E-state index contributed by atoms with van der Waals surface area (Å²) in [4.78, 5) is 12.1. The van der Waals surface area contributed by atoms with Crippen molar-refractivity contribution in [1.82, 2.24) is 20.1 Å². The molecule has 1 amide bonds. The van der Waals surface area contributed by atoms with E-state index in [1.54, 1.807) is 16.7 Å². The van der Waals surface area contributed by atoms with Gasteiger partial charge in [0.05, 0.1) is 11.3 Å². The lowest BCUT2D eigenvalue weighted by Crippen LogP contribution is -2.25. The number of thioether (sulfide) groups is 1. The molecule has 0 aliphatic carbocycles. The van der Waals surface area contributed by atoms with Crippen LogP contribution in [0.1, 0.15) is 30.8 Å². The Balaban J connectivity index is 1.83. The Morgan fingerprint density at radius 2 is 1.91 bits per heavy atom. The van der Waals surface area contributed by atoms with Gasteiger partial charge in [0.1, 0.15) is 5.75 Å². The Bertz CT molecular complexity index is 1130. The van der Waals surface area contributed by atoms with Crippen LogP contribution in [-0.2, 0) is 16.7 Å². The molecule has 0 saturated heterocycles. The summed E-state index contributed by atoms with van der Waals surface area (Å²) in [6.07, 6.45) is -1.51. The molecule has 2 N–H and O–H groups in total. The maximum Gasteiger partial charge on any atom is 0.416 e. The molecule has 33 heavy (non-hydrogen) atoms. The van der Waals surface area contributed by atoms with Crippen molar-refractivity contribution in [1.29, 1.82) is 0 Å². The lowest BCUT2D eigenvalue weighted by Gasteiger charge is -2.10. The minimum atomic E-state index is -4.39. The maximum absolute atomic E-state index is 12.8. The van der Waals surface area contributed by atoms with Gasteiger partial charge < -0.3 is 10.4 Å². The fourth-order valence-corrected chi connectivity index (χ4v) is 3.72. The van der Waals surface area contributed by atoms with Crippen LogP contribution < -0.4 is 5.32 Å². The minimum absolute atomic E-state index is 0.0458. The molecular formula is C23H23F3N4O2S. The van der Waals surface area contributed by atoms with Gasteiger partial charge in [-0.25, -0.2) is 0 Å². The smallest absolute Gasteiger partial charge is 0.416 e. The van der Waals surface area contributed by atoms with Crippen molar-refractivity contribution >= 4 is 23.7 Å². The Hall–Kier alpha value is -3.27. The minimum Gasteiger partial charge on any atom is -0.508 e. The summed E-state index contributed by atoms with van der Waals surface area (Å²) in [7, 11) is 0. The summed E-state index contributed by atoms with van der Waals surface area (Å²) in [6.45, 7) is 4.52. The lowest BCUT2D eigenvalue weighted by atomic mass is 10.1. The van der Waals surface area contributed by atoms with Crippen molar-refractivity contribution in [3.8, 4) is 11.4 Å². The quantitative estimate of drug-likeness (QED) is 0.351. The first-order chi connectivity index (χ1) is 15.6. The third kappa shape index (κ3) is 6.85. The van der Waals surface area contributed by atoms with Crippen molar-refractivity contribution in [3.05, 3.63) is 71.6 Å². The van der Waals surface area contributed by atoms with E-state index in [0.717, 1.165) is 12.1 Å². The predicted octanol–water partition coefficient (Wildman–Crippen LogP) is 5.07. The molecule has 0 bridgehead atoms. The van der Waals surface area contributed by atoms with E-state index in [-0.39, 0.29) is 11.7 Å². The second kappa shape index (κ2) is 10.6. The molecule has 10 heteroatoms. The third-order valence-corrected chi connectivity index (χ3v) is 5.46. The largest absolute Gasteiger partial charge is 0.508 e. The monoisotopic (exact) mass is 476 g/mol. The number of rotatable bonds is 8. The molecule has 3 rings (SSSR count). The van der Waals surface area contributed by atoms with E-state index >= 15 is 0 Å². The van der Waals surface area contributed by atoms with Gasteiger partial charge in [0.25, 0.3) is 0 Å². The first-order valence-corrected chi connectivity index (χ1v) is 11.1. The molecule has 1 aromatic heterocycles. The lowest BCUT2D eigenvalue weighted by molar-refractivity contribution is -0.137. The van der Waals surface area contributed by atoms with Gasteiger partial charge in [-0.15, -0.1) is 10.2 Å². The molecule has 3 aromatic rings. The Morgan fingerprint density at radius 3 is 2.55 bits per heavy atom. The number of hydrogen-bond donors (Lipinski definition) is 2. The SMILES string of the molecule is CC(C)CNC(=O)/C=C/c1nnc(SCc2ccc(C(F)(F)F)cc2)n1-c1cccc(O)c1. The number of halogens is 3. The van der Waals surface area contributed by atoms with E-state index in [2.05, 4.69) is 15.5 Å². The Kier molecular flexibility index (Phi) is 7.80. The molecule has 0 unspecified atom stereocenters. The number of aromatic nitrogens is 3. The van der Waals surface area contributed by atoms with Gasteiger partial charge in [-0.1, -0.05) is 43.8 Å². The van der Waals surface area contributed by atoms with E-state index in [4.69, 9.17) is 0 Å². The van der Waals surface area contributed by atoms with Crippen molar-refractivity contribution in [3.63, 3.8) is 0 Å². The summed E-state index contributed by atoms with van der Waals surface area (Å²) in [5.41, 5.74) is 0.558. The van der Waals surface area contributed by atoms with E-state index in [1.807, 2.05) is 13.8 Å². The zero-order valence-corrected chi connectivity index (χ0v) is 18.8. The van der Waals surface area contributed by atoms with Gasteiger partial charge in [-0.3, -0.25) is 9.36 Å². The summed E-state index contributed by atoms with van der Waals surface area (Å²) in [6, 6.07) is 11.4. The van der Waals surface area contributed by atoms with E-state index in [1.165, 1.54) is 48.2 Å². The number of amides is 1. The molecule has 0 aliphatic rings. The van der Waals surface area contributed by atoms with Crippen LogP contribution >= 0.6 is 11.8 Å². The molecule has 6 nitrogen and oxygen atoms in total. The van der Waals surface area contributed by atoms with Crippen LogP contribution in [0.15, 0.2) is 59.8 Å². The number of carbonyl (C=O) groups excluding carboxylic acids is 1. The molecule has 0 atom stereocenters. The summed E-state index contributed by atoms with van der Waals surface area (Å²) >= 11 is 1.28. The number of nitrogens with one attached hydrogen (secondary N) is 1. The Labute approximate surface area is 193 Å². The highest BCUT2D eigenvalue weighted by Crippen LogP contribution is 2.31. The van der Waals surface area contributed by atoms with E-state index in [9.17, 15) is 23.1 Å². The molecule has 0 fully saturated rings. The molecule has 174 valence electrons. The number of hydrogen-bond acceptors (Lipinski definition) is 5. The summed E-state index contributed by atoms with van der Waals surface area (Å²) in [5.74, 6) is 0.813. The fourth-order valence-electron chi connectivity index (χ4n) is 2.81. The number of aromatic hydroxyl groups is 1. The van der Waals surface area contributed by atoms with Crippen LogP contribution in [0.5, 0.6) is 5.75 Å². The van der Waals surface area contributed by atoms with Gasteiger partial charge >= 0.3 is 6.18 Å². The normalized spacial score (nSPS) is 11.9. The molecule has 0 radical (unpaired) electrons. The average molecular weight is 477 g/mol. The van der Waals surface area contributed by atoms with Gasteiger partial charge in [-0.05, 0) is 41.8 Å². The summed E-state index contributed by atoms with van der Waals surface area (Å²) in [5, 5.41) is 21.5. The molecule has 2 aromatic carbocycles. The fraction of sp³-hybridized carbons (Fsp3) is 0.261. The van der Waals surface area contributed by atoms with Crippen molar-refractivity contribution in [2.75, 3.05) is 6.54 Å². The number of phenolic OH excluding ortho intramolecular Hbond substituents is 1. The summed E-state index contributed by atoms with van der Waals surface area (Å²) < 4.78 is 40.0. The zero-order valence-electron chi connectivity index (χ0n) is 18.0. The van der Waals surface area contributed by atoms with Crippen LogP contribution in [0.25, 0.3) is 11.8 Å². The van der Waals surface area contributed by atoms with Crippen molar-refractivity contribution in [2.45, 2.75) is 30.9 Å². The van der Waals surface area contributed by atoms with E-state index in [0.29, 0.717) is 40.4 Å². The van der Waals surface area contributed by atoms with Crippen LogP contribution in [0.2, 0.25) is 0 Å². The van der Waals surface area contributed by atoms with Gasteiger partial charge in [0, 0.05) is 24.4 Å². The van der Waals surface area contributed by atoms with Crippen LogP contribution in [0.3, 0.4) is 0 Å². The second-order valence-electron chi connectivity index (χ2n) is 7.65. The predicted molar refractivity (Wildman–Crippen MR) is 121 cm³/mol. The number of alkyl halides is 3. The van der Waals surface area contributed by atoms with Gasteiger partial charge in [0.15, 0.2) is 11.0 Å².